The van der Waals surface area contributed by atoms with Crippen molar-refractivity contribution in [3.8, 4) is 0 Å². The van der Waals surface area contributed by atoms with E-state index in [0.29, 0.717) is 6.54 Å². The second-order valence-corrected chi connectivity index (χ2v) is 3.75. The van der Waals surface area contributed by atoms with E-state index in [1.165, 1.54) is 14.1 Å². The highest BCUT2D eigenvalue weighted by Gasteiger charge is 2.09. The highest BCUT2D eigenvalue weighted by atomic mass is 32.2. The predicted octanol–water partition coefficient (Wildman–Crippen LogP) is -0.598. The summed E-state index contributed by atoms with van der Waals surface area (Å²) in [6.07, 6.45) is 0. The van der Waals surface area contributed by atoms with Gasteiger partial charge in [-0.2, -0.15) is 12.7 Å². The fourth-order valence-electron chi connectivity index (χ4n) is 0.312. The van der Waals surface area contributed by atoms with E-state index in [4.69, 9.17) is 0 Å². The molecular weight excluding hydrogens is 140 g/mol. The van der Waals surface area contributed by atoms with Crippen LogP contribution in [0.3, 0.4) is 0 Å². The maximum Gasteiger partial charge on any atom is 0.278 e. The van der Waals surface area contributed by atoms with Gasteiger partial charge >= 0.3 is 0 Å². The monoisotopic (exact) mass is 152 g/mol. The standard InChI is InChI=1S/C4H12N2O2S/c1-4-5-9(7,8)6(2)3/h5H,4H2,1-3H3. The summed E-state index contributed by atoms with van der Waals surface area (Å²) in [6.45, 7) is 2.17. The smallest absolute Gasteiger partial charge is 0.202 e. The first-order valence-corrected chi connectivity index (χ1v) is 4.12. The molecule has 0 aliphatic heterocycles. The molecule has 0 rings (SSSR count). The van der Waals surface area contributed by atoms with Crippen molar-refractivity contribution in [2.75, 3.05) is 20.6 Å². The van der Waals surface area contributed by atoms with E-state index in [2.05, 4.69) is 4.72 Å². The van der Waals surface area contributed by atoms with Gasteiger partial charge in [-0.15, -0.1) is 0 Å². The molecule has 9 heavy (non-hydrogen) atoms. The molecule has 0 aliphatic carbocycles. The molecule has 0 atom stereocenters. The lowest BCUT2D eigenvalue weighted by molar-refractivity contribution is 0.507. The van der Waals surface area contributed by atoms with E-state index < -0.39 is 10.2 Å². The van der Waals surface area contributed by atoms with Crippen molar-refractivity contribution < 1.29 is 8.42 Å². The third-order valence-electron chi connectivity index (χ3n) is 0.807. The summed E-state index contributed by atoms with van der Waals surface area (Å²) in [5, 5.41) is 0. The number of hydrogen-bond donors (Lipinski definition) is 1. The Morgan fingerprint density at radius 2 is 1.89 bits per heavy atom. The van der Waals surface area contributed by atoms with Gasteiger partial charge < -0.3 is 0 Å². The molecule has 0 aromatic rings. The van der Waals surface area contributed by atoms with Gasteiger partial charge in [0.1, 0.15) is 0 Å². The Bertz CT molecular complexity index is 161. The molecule has 0 radical (unpaired) electrons. The summed E-state index contributed by atoms with van der Waals surface area (Å²) in [4.78, 5) is 0. The minimum Gasteiger partial charge on any atom is -0.202 e. The van der Waals surface area contributed by atoms with Crippen molar-refractivity contribution in [3.05, 3.63) is 0 Å². The van der Waals surface area contributed by atoms with Crippen LogP contribution in [0.1, 0.15) is 6.92 Å². The molecule has 0 unspecified atom stereocenters. The van der Waals surface area contributed by atoms with Gasteiger partial charge in [0.15, 0.2) is 0 Å². The van der Waals surface area contributed by atoms with Crippen molar-refractivity contribution >= 4 is 10.2 Å². The van der Waals surface area contributed by atoms with Crippen LogP contribution in [0.2, 0.25) is 0 Å². The third kappa shape index (κ3) is 2.78. The van der Waals surface area contributed by atoms with E-state index >= 15 is 0 Å². The second kappa shape index (κ2) is 3.14. The van der Waals surface area contributed by atoms with Crippen molar-refractivity contribution in [3.63, 3.8) is 0 Å². The Morgan fingerprint density at radius 1 is 1.44 bits per heavy atom. The number of nitrogens with zero attached hydrogens (tertiary/aromatic N) is 1. The van der Waals surface area contributed by atoms with Gasteiger partial charge in [-0.3, -0.25) is 0 Å². The van der Waals surface area contributed by atoms with Crippen LogP contribution in [0.5, 0.6) is 0 Å². The maximum absolute atomic E-state index is 10.7. The second-order valence-electron chi connectivity index (χ2n) is 1.79. The van der Waals surface area contributed by atoms with Crippen LogP contribution in [0.4, 0.5) is 0 Å². The van der Waals surface area contributed by atoms with Crippen molar-refractivity contribution in [1.29, 1.82) is 0 Å². The maximum atomic E-state index is 10.7. The minimum absolute atomic E-state index is 0.431. The molecule has 0 aliphatic rings. The molecule has 0 aromatic heterocycles. The zero-order valence-corrected chi connectivity index (χ0v) is 6.70. The summed E-state index contributed by atoms with van der Waals surface area (Å²) in [5.74, 6) is 0. The molecule has 0 fully saturated rings. The average Bonchev–Trinajstić information content (AvgIpc) is 1.65. The van der Waals surface area contributed by atoms with Gasteiger partial charge in [0.2, 0.25) is 0 Å². The summed E-state index contributed by atoms with van der Waals surface area (Å²) >= 11 is 0. The van der Waals surface area contributed by atoms with Gasteiger partial charge in [0.05, 0.1) is 0 Å². The fraction of sp³-hybridized carbons (Fsp3) is 1.00. The molecule has 0 saturated carbocycles. The topological polar surface area (TPSA) is 49.4 Å². The largest absolute Gasteiger partial charge is 0.278 e. The average molecular weight is 152 g/mol. The Labute approximate surface area is 56.0 Å². The molecule has 4 nitrogen and oxygen atoms in total. The summed E-state index contributed by atoms with van der Waals surface area (Å²) in [7, 11) is -0.197. The normalized spacial score (nSPS) is 12.4. The van der Waals surface area contributed by atoms with Gasteiger partial charge in [-0.25, -0.2) is 4.72 Å². The van der Waals surface area contributed by atoms with E-state index in [9.17, 15) is 8.42 Å². The Morgan fingerprint density at radius 3 is 2.00 bits per heavy atom. The number of hydrogen-bond acceptors (Lipinski definition) is 2. The SMILES string of the molecule is CCNS(=O)(=O)N(C)C. The molecule has 0 saturated heterocycles. The van der Waals surface area contributed by atoms with E-state index in [0.717, 1.165) is 4.31 Å². The first-order valence-electron chi connectivity index (χ1n) is 2.68. The van der Waals surface area contributed by atoms with Gasteiger partial charge in [0, 0.05) is 20.6 Å². The molecule has 0 amide bonds. The summed E-state index contributed by atoms with van der Waals surface area (Å²) in [5.41, 5.74) is 0. The predicted molar refractivity (Wildman–Crippen MR) is 36.3 cm³/mol. The quantitative estimate of drug-likeness (QED) is 0.587. The lowest BCUT2D eigenvalue weighted by Gasteiger charge is -2.09. The molecule has 0 spiro atoms. The van der Waals surface area contributed by atoms with Crippen LogP contribution in [-0.2, 0) is 10.2 Å². The zero-order chi connectivity index (χ0) is 7.49. The van der Waals surface area contributed by atoms with Gasteiger partial charge in [0.25, 0.3) is 10.2 Å². The molecule has 0 bridgehead atoms. The van der Waals surface area contributed by atoms with E-state index in [1.54, 1.807) is 6.92 Å². The number of nitrogens with one attached hydrogen (secondary N) is 1. The summed E-state index contributed by atoms with van der Waals surface area (Å²) in [6, 6.07) is 0. The van der Waals surface area contributed by atoms with Crippen LogP contribution >= 0.6 is 0 Å². The lowest BCUT2D eigenvalue weighted by Crippen LogP contribution is -2.35. The van der Waals surface area contributed by atoms with Crippen LogP contribution in [-0.4, -0.2) is 33.4 Å². The molecule has 0 aromatic carbocycles. The van der Waals surface area contributed by atoms with Crippen molar-refractivity contribution in [2.24, 2.45) is 0 Å². The highest BCUT2D eigenvalue weighted by molar-refractivity contribution is 7.87. The van der Waals surface area contributed by atoms with Crippen molar-refractivity contribution in [2.45, 2.75) is 6.92 Å². The van der Waals surface area contributed by atoms with Gasteiger partial charge in [-0.1, -0.05) is 6.92 Å². The third-order valence-corrected chi connectivity index (χ3v) is 2.42. The molecule has 0 heterocycles. The van der Waals surface area contributed by atoms with Crippen LogP contribution in [0.15, 0.2) is 0 Å². The molecule has 5 heteroatoms. The highest BCUT2D eigenvalue weighted by Crippen LogP contribution is 1.84. The fourth-order valence-corrected chi connectivity index (χ4v) is 0.935. The van der Waals surface area contributed by atoms with Crippen LogP contribution in [0, 0.1) is 0 Å². The van der Waals surface area contributed by atoms with E-state index in [-0.39, 0.29) is 0 Å². The molecule has 1 N–H and O–H groups in total. The first kappa shape index (κ1) is 8.87. The minimum atomic E-state index is -3.16. The lowest BCUT2D eigenvalue weighted by atomic mass is 10.8. The summed E-state index contributed by atoms with van der Waals surface area (Å²) < 4.78 is 24.9. The Balaban J connectivity index is 4.05. The Kier molecular flexibility index (Phi) is 3.10. The number of rotatable bonds is 3. The zero-order valence-electron chi connectivity index (χ0n) is 5.88. The molecule has 56 valence electrons. The Hall–Kier alpha value is -0.130. The van der Waals surface area contributed by atoms with Crippen molar-refractivity contribution in [1.82, 2.24) is 9.03 Å². The van der Waals surface area contributed by atoms with Crippen LogP contribution < -0.4 is 4.72 Å². The van der Waals surface area contributed by atoms with E-state index in [1.807, 2.05) is 0 Å². The van der Waals surface area contributed by atoms with Crippen LogP contribution in [0.25, 0.3) is 0 Å². The first-order chi connectivity index (χ1) is 4.00. The van der Waals surface area contributed by atoms with Gasteiger partial charge in [-0.05, 0) is 0 Å². The molecular formula is C4H12N2O2S.